The second-order valence-electron chi connectivity index (χ2n) is 5.20. The Morgan fingerprint density at radius 3 is 2.29 bits per heavy atom. The van der Waals surface area contributed by atoms with Crippen molar-refractivity contribution in [3.05, 3.63) is 70.8 Å². The molecule has 1 unspecified atom stereocenters. The van der Waals surface area contributed by atoms with Crippen molar-refractivity contribution in [3.8, 4) is 0 Å². The molecule has 112 valence electrons. The van der Waals surface area contributed by atoms with Crippen molar-refractivity contribution >= 4 is 0 Å². The Kier molecular flexibility index (Phi) is 4.68. The van der Waals surface area contributed by atoms with Gasteiger partial charge in [0.05, 0.1) is 5.56 Å². The molecule has 4 heteroatoms. The third-order valence-corrected chi connectivity index (χ3v) is 3.58. The minimum Gasteiger partial charge on any atom is -0.324 e. The molecule has 0 amide bonds. The molecule has 0 aliphatic carbocycles. The fourth-order valence-corrected chi connectivity index (χ4v) is 2.39. The smallest absolute Gasteiger partial charge is 0.324 e. The van der Waals surface area contributed by atoms with Gasteiger partial charge in [0.2, 0.25) is 0 Å². The van der Waals surface area contributed by atoms with Crippen LogP contribution in [0, 0.1) is 6.92 Å². The van der Waals surface area contributed by atoms with Crippen LogP contribution in [0.1, 0.15) is 34.7 Å². The van der Waals surface area contributed by atoms with Crippen LogP contribution in [0.25, 0.3) is 0 Å². The summed E-state index contributed by atoms with van der Waals surface area (Å²) < 4.78 is 37.9. The number of benzene rings is 2. The highest BCUT2D eigenvalue weighted by atomic mass is 19.4. The minimum atomic E-state index is -4.31. The Labute approximate surface area is 122 Å². The third-order valence-electron chi connectivity index (χ3n) is 3.58. The lowest BCUT2D eigenvalue weighted by molar-refractivity contribution is -0.137. The van der Waals surface area contributed by atoms with Gasteiger partial charge in [0, 0.05) is 6.04 Å². The van der Waals surface area contributed by atoms with Gasteiger partial charge in [-0.25, -0.2) is 0 Å². The van der Waals surface area contributed by atoms with Crippen molar-refractivity contribution in [2.45, 2.75) is 32.0 Å². The summed E-state index contributed by atoms with van der Waals surface area (Å²) in [5, 5.41) is 0. The monoisotopic (exact) mass is 293 g/mol. The minimum absolute atomic E-state index is 0.257. The number of hydrogen-bond acceptors (Lipinski definition) is 1. The lowest BCUT2D eigenvalue weighted by Crippen LogP contribution is -2.14. The van der Waals surface area contributed by atoms with Crippen LogP contribution >= 0.6 is 0 Å². The summed E-state index contributed by atoms with van der Waals surface area (Å²) in [5.74, 6) is 0. The summed E-state index contributed by atoms with van der Waals surface area (Å²) in [4.78, 5) is 0. The fourth-order valence-electron chi connectivity index (χ4n) is 2.39. The van der Waals surface area contributed by atoms with Gasteiger partial charge in [-0.1, -0.05) is 36.4 Å². The number of rotatable bonds is 4. The topological polar surface area (TPSA) is 26.0 Å². The molecular weight excluding hydrogens is 275 g/mol. The highest BCUT2D eigenvalue weighted by Gasteiger charge is 2.30. The van der Waals surface area contributed by atoms with Gasteiger partial charge in [-0.05, 0) is 48.6 Å². The molecule has 0 bridgehead atoms. The molecule has 21 heavy (non-hydrogen) atoms. The van der Waals surface area contributed by atoms with E-state index in [4.69, 9.17) is 5.73 Å². The molecule has 0 radical (unpaired) electrons. The van der Waals surface area contributed by atoms with Gasteiger partial charge in [-0.15, -0.1) is 0 Å². The van der Waals surface area contributed by atoms with E-state index in [1.54, 1.807) is 6.92 Å². The van der Waals surface area contributed by atoms with Crippen LogP contribution in [0.3, 0.4) is 0 Å². The molecule has 0 aromatic heterocycles. The summed E-state index contributed by atoms with van der Waals surface area (Å²) >= 11 is 0. The number of hydrogen-bond donors (Lipinski definition) is 1. The normalized spacial score (nSPS) is 13.2. The van der Waals surface area contributed by atoms with Crippen LogP contribution in [-0.4, -0.2) is 0 Å². The average molecular weight is 293 g/mol. The van der Waals surface area contributed by atoms with E-state index in [2.05, 4.69) is 0 Å². The first-order valence-electron chi connectivity index (χ1n) is 6.85. The number of alkyl halides is 3. The van der Waals surface area contributed by atoms with E-state index in [1.807, 2.05) is 30.3 Å². The van der Waals surface area contributed by atoms with Gasteiger partial charge in [0.15, 0.2) is 0 Å². The molecule has 2 aromatic rings. The van der Waals surface area contributed by atoms with Gasteiger partial charge in [0.1, 0.15) is 0 Å². The Morgan fingerprint density at radius 1 is 1.05 bits per heavy atom. The van der Waals surface area contributed by atoms with Crippen LogP contribution in [0.5, 0.6) is 0 Å². The highest BCUT2D eigenvalue weighted by Crippen LogP contribution is 2.32. The maximum Gasteiger partial charge on any atom is 0.416 e. The van der Waals surface area contributed by atoms with E-state index >= 15 is 0 Å². The zero-order valence-electron chi connectivity index (χ0n) is 11.8. The predicted octanol–water partition coefficient (Wildman–Crippen LogP) is 4.65. The van der Waals surface area contributed by atoms with E-state index in [9.17, 15) is 13.2 Å². The summed E-state index contributed by atoms with van der Waals surface area (Å²) in [6.07, 6.45) is -2.80. The molecule has 0 spiro atoms. The SMILES string of the molecule is Cc1cc(C(F)(F)F)ccc1C(N)CCc1ccccc1. The summed E-state index contributed by atoms with van der Waals surface area (Å²) in [6, 6.07) is 13.4. The third kappa shape index (κ3) is 4.08. The first kappa shape index (κ1) is 15.6. The zero-order chi connectivity index (χ0) is 15.5. The van der Waals surface area contributed by atoms with Crippen LogP contribution in [0.4, 0.5) is 13.2 Å². The summed E-state index contributed by atoms with van der Waals surface area (Å²) in [5.41, 5.74) is 8.04. The first-order valence-corrected chi connectivity index (χ1v) is 6.85. The Balaban J connectivity index is 2.07. The van der Waals surface area contributed by atoms with Gasteiger partial charge in [-0.2, -0.15) is 13.2 Å². The average Bonchev–Trinajstić information content (AvgIpc) is 2.45. The van der Waals surface area contributed by atoms with Crippen molar-refractivity contribution in [1.82, 2.24) is 0 Å². The molecule has 0 aliphatic rings. The molecule has 0 heterocycles. The van der Waals surface area contributed by atoms with E-state index < -0.39 is 11.7 Å². The lowest BCUT2D eigenvalue weighted by atomic mass is 9.95. The Bertz CT molecular complexity index is 591. The lowest BCUT2D eigenvalue weighted by Gasteiger charge is -2.16. The standard InChI is InChI=1S/C17H18F3N/c1-12-11-14(17(18,19)20)8-9-15(12)16(21)10-7-13-5-3-2-4-6-13/h2-6,8-9,11,16H,7,10,21H2,1H3. The van der Waals surface area contributed by atoms with Gasteiger partial charge >= 0.3 is 6.18 Å². The first-order chi connectivity index (χ1) is 9.88. The van der Waals surface area contributed by atoms with Crippen molar-refractivity contribution in [3.63, 3.8) is 0 Å². The number of aryl methyl sites for hydroxylation is 2. The fraction of sp³-hybridized carbons (Fsp3) is 0.294. The maximum atomic E-state index is 12.6. The second kappa shape index (κ2) is 6.31. The molecule has 1 nitrogen and oxygen atoms in total. The van der Waals surface area contributed by atoms with Crippen LogP contribution < -0.4 is 5.73 Å². The Morgan fingerprint density at radius 2 is 1.71 bits per heavy atom. The van der Waals surface area contributed by atoms with Crippen molar-refractivity contribution in [2.24, 2.45) is 5.73 Å². The molecular formula is C17H18F3N. The predicted molar refractivity (Wildman–Crippen MR) is 77.9 cm³/mol. The van der Waals surface area contributed by atoms with E-state index in [0.717, 1.165) is 24.1 Å². The van der Waals surface area contributed by atoms with E-state index in [1.165, 1.54) is 11.6 Å². The van der Waals surface area contributed by atoms with Crippen LogP contribution in [0.2, 0.25) is 0 Å². The zero-order valence-corrected chi connectivity index (χ0v) is 11.8. The molecule has 0 saturated carbocycles. The van der Waals surface area contributed by atoms with Crippen molar-refractivity contribution < 1.29 is 13.2 Å². The van der Waals surface area contributed by atoms with Crippen LogP contribution in [-0.2, 0) is 12.6 Å². The molecule has 0 fully saturated rings. The maximum absolute atomic E-state index is 12.6. The van der Waals surface area contributed by atoms with Gasteiger partial charge in [0.25, 0.3) is 0 Å². The molecule has 0 aliphatic heterocycles. The highest BCUT2D eigenvalue weighted by molar-refractivity contribution is 5.34. The molecule has 2 rings (SSSR count). The van der Waals surface area contributed by atoms with Gasteiger partial charge in [-0.3, -0.25) is 0 Å². The summed E-state index contributed by atoms with van der Waals surface area (Å²) in [7, 11) is 0. The van der Waals surface area contributed by atoms with Crippen LogP contribution in [0.15, 0.2) is 48.5 Å². The molecule has 1 atom stereocenters. The van der Waals surface area contributed by atoms with Gasteiger partial charge < -0.3 is 5.73 Å². The quantitative estimate of drug-likeness (QED) is 0.872. The summed E-state index contributed by atoms with van der Waals surface area (Å²) in [6.45, 7) is 1.67. The Hall–Kier alpha value is -1.81. The number of halogens is 3. The number of nitrogens with two attached hydrogens (primary N) is 1. The molecule has 2 N–H and O–H groups in total. The van der Waals surface area contributed by atoms with E-state index in [-0.39, 0.29) is 6.04 Å². The largest absolute Gasteiger partial charge is 0.416 e. The van der Waals surface area contributed by atoms with Crippen molar-refractivity contribution in [1.29, 1.82) is 0 Å². The molecule has 2 aromatic carbocycles. The van der Waals surface area contributed by atoms with E-state index in [0.29, 0.717) is 12.0 Å². The second-order valence-corrected chi connectivity index (χ2v) is 5.20. The molecule has 0 saturated heterocycles. The van der Waals surface area contributed by atoms with Crippen molar-refractivity contribution in [2.75, 3.05) is 0 Å².